The second-order valence-corrected chi connectivity index (χ2v) is 26.0. The Morgan fingerprint density at radius 2 is 1.04 bits per heavy atom. The van der Waals surface area contributed by atoms with E-state index >= 15 is 0 Å². The molecular formula is C19H44OSi3. The van der Waals surface area contributed by atoms with E-state index < -0.39 is 24.5 Å². The highest BCUT2D eigenvalue weighted by molar-refractivity contribution is 7.07. The largest absolute Gasteiger partial charge is 0.412 e. The van der Waals surface area contributed by atoms with Crippen molar-refractivity contribution in [2.75, 3.05) is 0 Å². The average Bonchev–Trinajstić information content (AvgIpc) is 2.22. The maximum absolute atomic E-state index is 6.40. The van der Waals surface area contributed by atoms with Gasteiger partial charge < -0.3 is 4.43 Å². The molecule has 23 heavy (non-hydrogen) atoms. The van der Waals surface area contributed by atoms with Gasteiger partial charge in [-0.3, -0.25) is 0 Å². The summed E-state index contributed by atoms with van der Waals surface area (Å²) in [4.78, 5) is 1.86. The van der Waals surface area contributed by atoms with E-state index in [1.165, 1.54) is 0 Å². The molecule has 0 N–H and O–H groups in total. The number of hydrogen-bond donors (Lipinski definition) is 0. The second kappa shape index (κ2) is 8.15. The van der Waals surface area contributed by atoms with Crippen LogP contribution in [0.3, 0.4) is 0 Å². The summed E-state index contributed by atoms with van der Waals surface area (Å²) < 4.78 is 6.40. The molecule has 1 atom stereocenters. The monoisotopic (exact) mass is 372 g/mol. The van der Waals surface area contributed by atoms with Crippen LogP contribution in [0.1, 0.15) is 48.5 Å². The zero-order valence-electron chi connectivity index (χ0n) is 18.3. The van der Waals surface area contributed by atoms with Gasteiger partial charge in [0.05, 0.1) is 22.3 Å². The van der Waals surface area contributed by atoms with E-state index in [1.807, 2.05) is 4.82 Å². The Morgan fingerprint density at radius 1 is 0.696 bits per heavy atom. The third kappa shape index (κ3) is 5.98. The minimum Gasteiger partial charge on any atom is -0.412 e. The van der Waals surface area contributed by atoms with Crippen molar-refractivity contribution in [3.05, 3.63) is 10.9 Å². The van der Waals surface area contributed by atoms with Crippen LogP contribution in [0.4, 0.5) is 0 Å². The zero-order valence-corrected chi connectivity index (χ0v) is 21.3. The first-order chi connectivity index (χ1) is 10.1. The van der Waals surface area contributed by atoms with Crippen molar-refractivity contribution in [2.45, 2.75) is 110 Å². The average molecular weight is 373 g/mol. The Hall–Kier alpha value is 0.351. The highest BCUT2D eigenvalue weighted by atomic mass is 28.4. The summed E-state index contributed by atoms with van der Waals surface area (Å²) in [5.74, 6) is 0. The van der Waals surface area contributed by atoms with E-state index in [9.17, 15) is 0 Å². The molecular weight excluding hydrogens is 328 g/mol. The van der Waals surface area contributed by atoms with Crippen LogP contribution in [0.2, 0.25) is 55.9 Å². The highest BCUT2D eigenvalue weighted by Gasteiger charge is 2.49. The first kappa shape index (κ1) is 23.4. The van der Waals surface area contributed by atoms with Crippen molar-refractivity contribution in [3.63, 3.8) is 0 Å². The summed E-state index contributed by atoms with van der Waals surface area (Å²) in [6, 6.07) is 0. The Morgan fingerprint density at radius 3 is 1.26 bits per heavy atom. The summed E-state index contributed by atoms with van der Waals surface area (Å²) in [6.45, 7) is 31.6. The number of hydrogen-bond acceptors (Lipinski definition) is 1. The van der Waals surface area contributed by atoms with Gasteiger partial charge in [0.15, 0.2) is 8.32 Å². The van der Waals surface area contributed by atoms with Gasteiger partial charge in [0.1, 0.15) is 0 Å². The molecule has 0 saturated heterocycles. The van der Waals surface area contributed by atoms with Gasteiger partial charge in [-0.25, -0.2) is 0 Å². The maximum Gasteiger partial charge on any atom is 0.184 e. The van der Waals surface area contributed by atoms with Gasteiger partial charge in [-0.2, -0.15) is 0 Å². The molecule has 1 unspecified atom stereocenters. The van der Waals surface area contributed by atoms with E-state index in [1.54, 1.807) is 0 Å². The predicted molar refractivity (Wildman–Crippen MR) is 116 cm³/mol. The molecule has 0 aromatic carbocycles. The third-order valence-electron chi connectivity index (χ3n) is 5.08. The molecule has 0 radical (unpaired) electrons. The number of rotatable bonds is 8. The zero-order chi connectivity index (χ0) is 18.8. The first-order valence-electron chi connectivity index (χ1n) is 9.47. The van der Waals surface area contributed by atoms with Gasteiger partial charge >= 0.3 is 0 Å². The first-order valence-corrected chi connectivity index (χ1v) is 18.6. The van der Waals surface area contributed by atoms with Crippen LogP contribution >= 0.6 is 0 Å². The molecule has 0 fully saturated rings. The Bertz CT molecular complexity index is 376. The molecule has 0 bridgehead atoms. The fourth-order valence-corrected chi connectivity index (χ4v) is 20.9. The molecule has 1 nitrogen and oxygen atoms in total. The van der Waals surface area contributed by atoms with Gasteiger partial charge in [0, 0.05) is 0 Å². The second-order valence-electron chi connectivity index (χ2n) is 10.2. The van der Waals surface area contributed by atoms with Crippen LogP contribution < -0.4 is 0 Å². The van der Waals surface area contributed by atoms with Crippen molar-refractivity contribution in [1.82, 2.24) is 0 Å². The minimum absolute atomic E-state index is 0.256. The SMILES string of the molecule is CC(C=C([Si](C)(C)C)[Si](C(C)C)(C(C)C)C(C)C)O[Si](C)(C)C. The molecule has 4 heteroatoms. The van der Waals surface area contributed by atoms with Crippen LogP contribution in [0, 0.1) is 0 Å². The Labute approximate surface area is 150 Å². The molecule has 0 saturated carbocycles. The summed E-state index contributed by atoms with van der Waals surface area (Å²) in [5, 5.41) is 0. The lowest BCUT2D eigenvalue weighted by Gasteiger charge is -2.49. The quantitative estimate of drug-likeness (QED) is 0.408. The van der Waals surface area contributed by atoms with Gasteiger partial charge in [-0.1, -0.05) is 72.1 Å². The lowest BCUT2D eigenvalue weighted by molar-refractivity contribution is 0.262. The van der Waals surface area contributed by atoms with Crippen molar-refractivity contribution in [1.29, 1.82) is 0 Å². The lowest BCUT2D eigenvalue weighted by atomic mass is 10.4. The smallest absolute Gasteiger partial charge is 0.184 e. The Balaban J connectivity index is 6.24. The van der Waals surface area contributed by atoms with Crippen LogP contribution in [-0.4, -0.2) is 30.6 Å². The molecule has 0 aliphatic rings. The predicted octanol–water partition coefficient (Wildman–Crippen LogP) is 7.25. The minimum atomic E-state index is -1.57. The molecule has 0 spiro atoms. The van der Waals surface area contributed by atoms with Gasteiger partial charge in [-0.05, 0) is 43.2 Å². The van der Waals surface area contributed by atoms with Crippen molar-refractivity contribution < 1.29 is 4.43 Å². The standard InChI is InChI=1S/C19H44OSi3/c1-15(2)23(16(3)4,17(5)6)19(21(8,9)10)14-18(7)20-22(11,12)13/h14-18H,1-13H3. The molecule has 0 heterocycles. The summed E-state index contributed by atoms with van der Waals surface area (Å²) >= 11 is 0. The van der Waals surface area contributed by atoms with E-state index in [0.29, 0.717) is 0 Å². The van der Waals surface area contributed by atoms with Crippen LogP contribution in [0.5, 0.6) is 0 Å². The van der Waals surface area contributed by atoms with E-state index in [2.05, 4.69) is 93.8 Å². The molecule has 0 amide bonds. The van der Waals surface area contributed by atoms with Crippen molar-refractivity contribution in [2.24, 2.45) is 0 Å². The highest BCUT2D eigenvalue weighted by Crippen LogP contribution is 2.49. The van der Waals surface area contributed by atoms with E-state index in [4.69, 9.17) is 4.43 Å². The lowest BCUT2D eigenvalue weighted by Crippen LogP contribution is -2.54. The third-order valence-corrected chi connectivity index (χ3v) is 18.3. The Kier molecular flexibility index (Phi) is 8.28. The maximum atomic E-state index is 6.40. The van der Waals surface area contributed by atoms with Crippen LogP contribution in [0.15, 0.2) is 10.9 Å². The summed E-state index contributed by atoms with van der Waals surface area (Å²) in [6.07, 6.45) is 2.84. The van der Waals surface area contributed by atoms with Crippen molar-refractivity contribution >= 4 is 24.5 Å². The molecule has 0 aliphatic carbocycles. The molecule has 0 rings (SSSR count). The van der Waals surface area contributed by atoms with E-state index in [-0.39, 0.29) is 6.10 Å². The fourth-order valence-electron chi connectivity index (χ4n) is 4.80. The summed E-state index contributed by atoms with van der Waals surface area (Å²) in [7, 11) is -4.46. The molecule has 0 aliphatic heterocycles. The van der Waals surface area contributed by atoms with Crippen molar-refractivity contribution in [3.8, 4) is 0 Å². The molecule has 0 aromatic heterocycles. The van der Waals surface area contributed by atoms with Crippen LogP contribution in [0.25, 0.3) is 0 Å². The fraction of sp³-hybridized carbons (Fsp3) is 0.895. The topological polar surface area (TPSA) is 9.23 Å². The van der Waals surface area contributed by atoms with Gasteiger partial charge in [0.2, 0.25) is 0 Å². The normalized spacial score (nSPS) is 16.6. The summed E-state index contributed by atoms with van der Waals surface area (Å²) in [5.41, 5.74) is 2.33. The van der Waals surface area contributed by atoms with Gasteiger partial charge in [-0.15, -0.1) is 0 Å². The van der Waals surface area contributed by atoms with E-state index in [0.717, 1.165) is 16.6 Å². The molecule has 138 valence electrons. The van der Waals surface area contributed by atoms with Crippen LogP contribution in [-0.2, 0) is 4.43 Å². The van der Waals surface area contributed by atoms with Gasteiger partial charge in [0.25, 0.3) is 0 Å². The molecule has 0 aromatic rings.